The van der Waals surface area contributed by atoms with Crippen molar-refractivity contribution in [1.82, 2.24) is 9.97 Å². The Balaban J connectivity index is 1.71. The zero-order valence-corrected chi connectivity index (χ0v) is 13.1. The summed E-state index contributed by atoms with van der Waals surface area (Å²) in [5.41, 5.74) is 0.910. The lowest BCUT2D eigenvalue weighted by molar-refractivity contribution is 0.117. The molecule has 7 heteroatoms. The summed E-state index contributed by atoms with van der Waals surface area (Å²) in [7, 11) is 1.70. The highest BCUT2D eigenvalue weighted by Crippen LogP contribution is 2.30. The maximum absolute atomic E-state index is 5.96. The number of halogens is 1. The number of thiophene rings is 1. The number of hydrogen-bond acceptors (Lipinski definition) is 6. The van der Waals surface area contributed by atoms with Crippen LogP contribution in [0.3, 0.4) is 0 Å². The lowest BCUT2D eigenvalue weighted by Crippen LogP contribution is -2.13. The van der Waals surface area contributed by atoms with E-state index in [1.807, 2.05) is 18.2 Å². The van der Waals surface area contributed by atoms with Crippen LogP contribution in [0, 0.1) is 0 Å². The van der Waals surface area contributed by atoms with Gasteiger partial charge in [-0.05, 0) is 18.2 Å². The number of nitrogens with zero attached hydrogens (tertiary/aromatic N) is 2. The van der Waals surface area contributed by atoms with E-state index in [1.54, 1.807) is 30.8 Å². The average Bonchev–Trinajstić information content (AvgIpc) is 3.05. The maximum Gasteiger partial charge on any atom is 0.183 e. The van der Waals surface area contributed by atoms with Crippen molar-refractivity contribution in [3.8, 4) is 0 Å². The van der Waals surface area contributed by atoms with Crippen molar-refractivity contribution in [2.45, 2.75) is 6.10 Å². The van der Waals surface area contributed by atoms with E-state index < -0.39 is 0 Å². The largest absolute Gasteiger partial charge is 0.374 e. The predicted molar refractivity (Wildman–Crippen MR) is 85.0 cm³/mol. The van der Waals surface area contributed by atoms with Gasteiger partial charge in [-0.2, -0.15) is 0 Å². The van der Waals surface area contributed by atoms with Crippen LogP contribution in [-0.2, 0) is 4.74 Å². The van der Waals surface area contributed by atoms with E-state index in [-0.39, 0.29) is 6.10 Å². The van der Waals surface area contributed by atoms with E-state index in [4.69, 9.17) is 16.3 Å². The zero-order valence-electron chi connectivity index (χ0n) is 10.7. The first-order valence-electron chi connectivity index (χ1n) is 5.98. The summed E-state index contributed by atoms with van der Waals surface area (Å²) in [5.74, 6) is 0. The summed E-state index contributed by atoms with van der Waals surface area (Å²) in [6, 6.07) is 5.84. The molecule has 0 saturated heterocycles. The Kier molecular flexibility index (Phi) is 4.16. The van der Waals surface area contributed by atoms with Crippen molar-refractivity contribution in [3.05, 3.63) is 39.8 Å². The highest BCUT2D eigenvalue weighted by atomic mass is 35.5. The van der Waals surface area contributed by atoms with Crippen molar-refractivity contribution >= 4 is 49.6 Å². The molecule has 0 spiro atoms. The second kappa shape index (κ2) is 6.05. The highest BCUT2D eigenvalue weighted by Gasteiger charge is 2.13. The minimum Gasteiger partial charge on any atom is -0.374 e. The van der Waals surface area contributed by atoms with Gasteiger partial charge in [0, 0.05) is 24.7 Å². The Morgan fingerprint density at radius 2 is 2.25 bits per heavy atom. The molecule has 1 unspecified atom stereocenters. The quantitative estimate of drug-likeness (QED) is 0.763. The molecule has 1 atom stereocenters. The van der Waals surface area contributed by atoms with Gasteiger partial charge < -0.3 is 10.1 Å². The third kappa shape index (κ3) is 2.93. The minimum absolute atomic E-state index is 0.0300. The van der Waals surface area contributed by atoms with Gasteiger partial charge in [-0.3, -0.25) is 4.98 Å². The number of nitrogens with one attached hydrogen (secondary N) is 1. The first-order chi connectivity index (χ1) is 9.76. The standard InChI is InChI=1S/C13H12ClN3OS2/c1-18-9(11-2-3-12(14)19-11)7-16-13-17-8-6-15-5-4-10(8)20-13/h2-6,9H,7H2,1H3,(H,16,17). The molecule has 1 N–H and O–H groups in total. The molecule has 0 aliphatic heterocycles. The Labute approximate surface area is 129 Å². The van der Waals surface area contributed by atoms with Crippen LogP contribution in [-0.4, -0.2) is 23.6 Å². The van der Waals surface area contributed by atoms with Gasteiger partial charge in [0.25, 0.3) is 0 Å². The lowest BCUT2D eigenvalue weighted by atomic mass is 10.3. The molecule has 3 heterocycles. The van der Waals surface area contributed by atoms with E-state index in [0.29, 0.717) is 6.54 Å². The van der Waals surface area contributed by atoms with Gasteiger partial charge >= 0.3 is 0 Å². The predicted octanol–water partition coefficient (Wildman–Crippen LogP) is 4.21. The first-order valence-corrected chi connectivity index (χ1v) is 8.00. The summed E-state index contributed by atoms with van der Waals surface area (Å²) >= 11 is 9.10. The van der Waals surface area contributed by atoms with Crippen LogP contribution in [0.25, 0.3) is 10.2 Å². The van der Waals surface area contributed by atoms with E-state index in [1.165, 1.54) is 11.3 Å². The van der Waals surface area contributed by atoms with Crippen LogP contribution in [0.5, 0.6) is 0 Å². The molecule has 0 amide bonds. The van der Waals surface area contributed by atoms with Crippen LogP contribution >= 0.6 is 34.3 Å². The molecule has 0 aliphatic rings. The molecular weight excluding hydrogens is 314 g/mol. The molecule has 0 aliphatic carbocycles. The highest BCUT2D eigenvalue weighted by molar-refractivity contribution is 7.22. The number of methoxy groups -OCH3 is 1. The van der Waals surface area contributed by atoms with Gasteiger partial charge in [0.1, 0.15) is 11.6 Å². The van der Waals surface area contributed by atoms with Crippen molar-refractivity contribution < 1.29 is 4.74 Å². The summed E-state index contributed by atoms with van der Waals surface area (Å²) in [6.45, 7) is 0.653. The Morgan fingerprint density at radius 1 is 1.35 bits per heavy atom. The van der Waals surface area contributed by atoms with Gasteiger partial charge in [0.05, 0.1) is 15.2 Å². The van der Waals surface area contributed by atoms with Crippen molar-refractivity contribution in [2.24, 2.45) is 0 Å². The second-order valence-corrected chi connectivity index (χ2v) is 6.89. The smallest absolute Gasteiger partial charge is 0.183 e. The van der Waals surface area contributed by atoms with Crippen LogP contribution < -0.4 is 5.32 Å². The zero-order chi connectivity index (χ0) is 13.9. The molecule has 0 aromatic carbocycles. The number of rotatable bonds is 5. The normalized spacial score (nSPS) is 12.7. The Hall–Kier alpha value is -1.21. The fourth-order valence-corrected chi connectivity index (χ4v) is 3.82. The minimum atomic E-state index is -0.0300. The van der Waals surface area contributed by atoms with Gasteiger partial charge in [-0.25, -0.2) is 4.98 Å². The summed E-state index contributed by atoms with van der Waals surface area (Å²) < 4.78 is 7.39. The molecule has 3 aromatic rings. The summed E-state index contributed by atoms with van der Waals surface area (Å²) in [4.78, 5) is 9.66. The molecule has 0 fully saturated rings. The van der Waals surface area contributed by atoms with Gasteiger partial charge in [-0.15, -0.1) is 11.3 Å². The number of aromatic nitrogens is 2. The lowest BCUT2D eigenvalue weighted by Gasteiger charge is -2.13. The summed E-state index contributed by atoms with van der Waals surface area (Å²) in [6.07, 6.45) is 3.51. The van der Waals surface area contributed by atoms with E-state index in [2.05, 4.69) is 15.3 Å². The van der Waals surface area contributed by atoms with Crippen molar-refractivity contribution in [2.75, 3.05) is 19.0 Å². The fraction of sp³-hybridized carbons (Fsp3) is 0.231. The molecule has 4 nitrogen and oxygen atoms in total. The van der Waals surface area contributed by atoms with E-state index in [0.717, 1.165) is 24.6 Å². The number of pyridine rings is 1. The monoisotopic (exact) mass is 325 g/mol. The van der Waals surface area contributed by atoms with Crippen LogP contribution in [0.2, 0.25) is 4.34 Å². The maximum atomic E-state index is 5.96. The van der Waals surface area contributed by atoms with Crippen LogP contribution in [0.4, 0.5) is 5.13 Å². The first kappa shape index (κ1) is 13.8. The molecule has 20 heavy (non-hydrogen) atoms. The number of fused-ring (bicyclic) bond motifs is 1. The molecular formula is C13H12ClN3OS2. The molecule has 3 aromatic heterocycles. The molecule has 3 rings (SSSR count). The van der Waals surface area contributed by atoms with Crippen molar-refractivity contribution in [3.63, 3.8) is 0 Å². The number of ether oxygens (including phenoxy) is 1. The molecule has 104 valence electrons. The fourth-order valence-electron chi connectivity index (χ4n) is 1.84. The molecule has 0 radical (unpaired) electrons. The van der Waals surface area contributed by atoms with Crippen LogP contribution in [0.1, 0.15) is 11.0 Å². The Morgan fingerprint density at radius 3 is 2.95 bits per heavy atom. The van der Waals surface area contributed by atoms with E-state index in [9.17, 15) is 0 Å². The number of thiazole rings is 1. The third-order valence-electron chi connectivity index (χ3n) is 2.82. The van der Waals surface area contributed by atoms with Gasteiger partial charge in [0.15, 0.2) is 5.13 Å². The second-order valence-electron chi connectivity index (χ2n) is 4.11. The van der Waals surface area contributed by atoms with Gasteiger partial charge in [0.2, 0.25) is 0 Å². The molecule has 0 bridgehead atoms. The van der Waals surface area contributed by atoms with Crippen LogP contribution in [0.15, 0.2) is 30.6 Å². The molecule has 0 saturated carbocycles. The third-order valence-corrected chi connectivity index (χ3v) is 5.14. The number of anilines is 1. The Bertz CT molecular complexity index is 679. The number of hydrogen-bond donors (Lipinski definition) is 1. The topological polar surface area (TPSA) is 47.0 Å². The van der Waals surface area contributed by atoms with E-state index >= 15 is 0 Å². The SMILES string of the molecule is COC(CNc1nc2cnccc2s1)c1ccc(Cl)s1. The average molecular weight is 326 g/mol. The summed E-state index contributed by atoms with van der Waals surface area (Å²) in [5, 5.41) is 4.18. The van der Waals surface area contributed by atoms with Gasteiger partial charge in [-0.1, -0.05) is 22.9 Å². The van der Waals surface area contributed by atoms with Crippen molar-refractivity contribution in [1.29, 1.82) is 0 Å².